The highest BCUT2D eigenvalue weighted by Gasteiger charge is 2.15. The summed E-state index contributed by atoms with van der Waals surface area (Å²) >= 11 is 0. The number of hydrogen-bond acceptors (Lipinski definition) is 6. The standard InChI is InChI=1S/C20H25N3O5/c1-4-22(14-15-9-10-18(27-2)19(13-15)28-3)20(24)11-12-21-16-7-5-6-8-17(16)23(25)26/h5-10,13,21H,4,11-12,14H2,1-3H3. The number of para-hydroxylation sites is 2. The summed E-state index contributed by atoms with van der Waals surface area (Å²) in [5.41, 5.74) is 1.33. The number of ether oxygens (including phenoxy) is 2. The number of carbonyl (C=O) groups is 1. The smallest absolute Gasteiger partial charge is 0.292 e. The Bertz CT molecular complexity index is 825. The summed E-state index contributed by atoms with van der Waals surface area (Å²) in [5, 5.41) is 14.0. The van der Waals surface area contributed by atoms with Crippen LogP contribution < -0.4 is 14.8 Å². The van der Waals surface area contributed by atoms with Gasteiger partial charge in [-0.1, -0.05) is 18.2 Å². The van der Waals surface area contributed by atoms with Crippen LogP contribution in [0.15, 0.2) is 42.5 Å². The molecule has 0 heterocycles. The summed E-state index contributed by atoms with van der Waals surface area (Å²) in [5.74, 6) is 1.21. The van der Waals surface area contributed by atoms with Gasteiger partial charge in [0.25, 0.3) is 5.69 Å². The Morgan fingerprint density at radius 1 is 1.14 bits per heavy atom. The first-order valence-corrected chi connectivity index (χ1v) is 8.96. The van der Waals surface area contributed by atoms with E-state index in [0.717, 1.165) is 5.56 Å². The highest BCUT2D eigenvalue weighted by molar-refractivity contribution is 5.77. The maximum atomic E-state index is 12.6. The van der Waals surface area contributed by atoms with E-state index in [4.69, 9.17) is 9.47 Å². The predicted molar refractivity (Wildman–Crippen MR) is 107 cm³/mol. The lowest BCUT2D eigenvalue weighted by Crippen LogP contribution is -2.31. The van der Waals surface area contributed by atoms with Crippen LogP contribution in [-0.4, -0.2) is 43.0 Å². The van der Waals surface area contributed by atoms with Crippen LogP contribution in [-0.2, 0) is 11.3 Å². The predicted octanol–water partition coefficient (Wildman–Crippen LogP) is 3.46. The Balaban J connectivity index is 1.96. The van der Waals surface area contributed by atoms with Crippen LogP contribution in [0.25, 0.3) is 0 Å². The summed E-state index contributed by atoms with van der Waals surface area (Å²) in [7, 11) is 3.14. The fourth-order valence-corrected chi connectivity index (χ4v) is 2.82. The Hall–Kier alpha value is -3.29. The molecule has 0 saturated heterocycles. The topological polar surface area (TPSA) is 93.9 Å². The lowest BCUT2D eigenvalue weighted by atomic mass is 10.1. The van der Waals surface area contributed by atoms with Crippen molar-refractivity contribution in [3.63, 3.8) is 0 Å². The van der Waals surface area contributed by atoms with Gasteiger partial charge in [-0.25, -0.2) is 0 Å². The van der Waals surface area contributed by atoms with E-state index in [-0.39, 0.29) is 18.0 Å². The van der Waals surface area contributed by atoms with E-state index in [0.29, 0.717) is 36.8 Å². The lowest BCUT2D eigenvalue weighted by Gasteiger charge is -2.22. The zero-order valence-corrected chi connectivity index (χ0v) is 16.3. The first kappa shape index (κ1) is 21.0. The monoisotopic (exact) mass is 387 g/mol. The van der Waals surface area contributed by atoms with Gasteiger partial charge in [0.15, 0.2) is 11.5 Å². The second-order valence-electron chi connectivity index (χ2n) is 6.05. The molecular formula is C20H25N3O5. The largest absolute Gasteiger partial charge is 0.493 e. The van der Waals surface area contributed by atoms with E-state index < -0.39 is 4.92 Å². The van der Waals surface area contributed by atoms with Crippen LogP contribution in [0.2, 0.25) is 0 Å². The van der Waals surface area contributed by atoms with E-state index >= 15 is 0 Å². The average molecular weight is 387 g/mol. The SMILES string of the molecule is CCN(Cc1ccc(OC)c(OC)c1)C(=O)CCNc1ccccc1[N+](=O)[O-]. The van der Waals surface area contributed by atoms with Gasteiger partial charge < -0.3 is 19.7 Å². The average Bonchev–Trinajstić information content (AvgIpc) is 2.71. The quantitative estimate of drug-likeness (QED) is 0.496. The minimum Gasteiger partial charge on any atom is -0.493 e. The number of anilines is 1. The van der Waals surface area contributed by atoms with Gasteiger partial charge in [-0.05, 0) is 30.7 Å². The van der Waals surface area contributed by atoms with E-state index in [9.17, 15) is 14.9 Å². The van der Waals surface area contributed by atoms with Crippen LogP contribution in [0.1, 0.15) is 18.9 Å². The molecule has 28 heavy (non-hydrogen) atoms. The molecule has 150 valence electrons. The number of hydrogen-bond donors (Lipinski definition) is 1. The first-order chi connectivity index (χ1) is 13.5. The molecule has 0 saturated carbocycles. The minimum absolute atomic E-state index is 0.00683. The highest BCUT2D eigenvalue weighted by Crippen LogP contribution is 2.28. The number of amides is 1. The normalized spacial score (nSPS) is 10.2. The van der Waals surface area contributed by atoms with Crippen LogP contribution >= 0.6 is 0 Å². The number of nitrogens with one attached hydrogen (secondary N) is 1. The van der Waals surface area contributed by atoms with Gasteiger partial charge in [-0.2, -0.15) is 0 Å². The van der Waals surface area contributed by atoms with E-state index in [1.807, 2.05) is 25.1 Å². The van der Waals surface area contributed by atoms with Gasteiger partial charge in [0.1, 0.15) is 5.69 Å². The number of nitrogens with zero attached hydrogens (tertiary/aromatic N) is 2. The molecule has 8 heteroatoms. The molecular weight excluding hydrogens is 362 g/mol. The lowest BCUT2D eigenvalue weighted by molar-refractivity contribution is -0.384. The Labute approximate surface area is 164 Å². The van der Waals surface area contributed by atoms with E-state index in [1.54, 1.807) is 37.3 Å². The number of nitro groups is 1. The van der Waals surface area contributed by atoms with Gasteiger partial charge >= 0.3 is 0 Å². The fraction of sp³-hybridized carbons (Fsp3) is 0.350. The molecule has 0 unspecified atom stereocenters. The summed E-state index contributed by atoms with van der Waals surface area (Å²) in [6.07, 6.45) is 0.229. The Kier molecular flexibility index (Phi) is 7.62. The summed E-state index contributed by atoms with van der Waals surface area (Å²) < 4.78 is 10.5. The molecule has 0 aromatic heterocycles. The van der Waals surface area contributed by atoms with Gasteiger partial charge in [0.2, 0.25) is 5.91 Å². The van der Waals surface area contributed by atoms with Crippen molar-refractivity contribution in [3.05, 3.63) is 58.1 Å². The molecule has 0 radical (unpaired) electrons. The Morgan fingerprint density at radius 2 is 1.86 bits per heavy atom. The number of methoxy groups -OCH3 is 2. The number of benzene rings is 2. The molecule has 0 aliphatic carbocycles. The third-order valence-electron chi connectivity index (χ3n) is 4.31. The first-order valence-electron chi connectivity index (χ1n) is 8.96. The molecule has 1 N–H and O–H groups in total. The van der Waals surface area contributed by atoms with Gasteiger partial charge in [-0.15, -0.1) is 0 Å². The number of rotatable bonds is 10. The second kappa shape index (κ2) is 10.1. The van der Waals surface area contributed by atoms with Crippen molar-refractivity contribution in [1.29, 1.82) is 0 Å². The second-order valence-corrected chi connectivity index (χ2v) is 6.05. The van der Waals surface area contributed by atoms with Crippen molar-refractivity contribution >= 4 is 17.3 Å². The van der Waals surface area contributed by atoms with Crippen LogP contribution in [0.3, 0.4) is 0 Å². The van der Waals surface area contributed by atoms with Crippen LogP contribution in [0, 0.1) is 10.1 Å². The summed E-state index contributed by atoms with van der Waals surface area (Å²) in [6, 6.07) is 11.9. The van der Waals surface area contributed by atoms with Crippen molar-refractivity contribution in [2.24, 2.45) is 0 Å². The molecule has 0 bridgehead atoms. The highest BCUT2D eigenvalue weighted by atomic mass is 16.6. The maximum Gasteiger partial charge on any atom is 0.292 e. The molecule has 0 aliphatic rings. The van der Waals surface area contributed by atoms with E-state index in [2.05, 4.69) is 5.32 Å². The van der Waals surface area contributed by atoms with E-state index in [1.165, 1.54) is 6.07 Å². The van der Waals surface area contributed by atoms with Crippen molar-refractivity contribution in [2.45, 2.75) is 19.9 Å². The zero-order chi connectivity index (χ0) is 20.5. The molecule has 0 aliphatic heterocycles. The van der Waals surface area contributed by atoms with Crippen molar-refractivity contribution < 1.29 is 19.2 Å². The van der Waals surface area contributed by atoms with Crippen LogP contribution in [0.4, 0.5) is 11.4 Å². The fourth-order valence-electron chi connectivity index (χ4n) is 2.82. The van der Waals surface area contributed by atoms with Gasteiger partial charge in [-0.3, -0.25) is 14.9 Å². The van der Waals surface area contributed by atoms with Crippen molar-refractivity contribution in [2.75, 3.05) is 32.6 Å². The van der Waals surface area contributed by atoms with Crippen molar-refractivity contribution in [1.82, 2.24) is 4.90 Å². The molecule has 1 amide bonds. The van der Waals surface area contributed by atoms with Crippen LogP contribution in [0.5, 0.6) is 11.5 Å². The van der Waals surface area contributed by atoms with Gasteiger partial charge in [0.05, 0.1) is 19.1 Å². The maximum absolute atomic E-state index is 12.6. The summed E-state index contributed by atoms with van der Waals surface area (Å²) in [6.45, 7) is 3.22. The third-order valence-corrected chi connectivity index (χ3v) is 4.31. The number of nitro benzene ring substituents is 1. The zero-order valence-electron chi connectivity index (χ0n) is 16.3. The third kappa shape index (κ3) is 5.35. The summed E-state index contributed by atoms with van der Waals surface area (Å²) in [4.78, 5) is 24.9. The van der Waals surface area contributed by atoms with Gasteiger partial charge in [0, 0.05) is 32.1 Å². The molecule has 2 aromatic carbocycles. The Morgan fingerprint density at radius 3 is 2.50 bits per heavy atom. The molecule has 2 rings (SSSR count). The molecule has 0 spiro atoms. The molecule has 8 nitrogen and oxygen atoms in total. The molecule has 0 fully saturated rings. The van der Waals surface area contributed by atoms with Crippen molar-refractivity contribution in [3.8, 4) is 11.5 Å². The molecule has 0 atom stereocenters. The number of carbonyl (C=O) groups excluding carboxylic acids is 1. The molecule has 2 aromatic rings. The minimum atomic E-state index is -0.445.